The Hall–Kier alpha value is -2.45. The number of hydrogen-bond donors (Lipinski definition) is 1. The second-order valence-electron chi connectivity index (χ2n) is 6.28. The fourth-order valence-corrected chi connectivity index (χ4v) is 3.39. The molecule has 0 N–H and O–H groups in total. The first-order valence-electron chi connectivity index (χ1n) is 8.39. The van der Waals surface area contributed by atoms with E-state index in [1.54, 1.807) is 15.7 Å². The first-order valence-corrected chi connectivity index (χ1v) is 9.63. The van der Waals surface area contributed by atoms with E-state index in [1.165, 1.54) is 5.56 Å². The van der Waals surface area contributed by atoms with Crippen molar-refractivity contribution in [2.24, 2.45) is 0 Å². The van der Waals surface area contributed by atoms with Gasteiger partial charge in [0.2, 0.25) is 5.82 Å². The summed E-state index contributed by atoms with van der Waals surface area (Å²) in [5.74, 6) is 0.508. The van der Waals surface area contributed by atoms with Crippen LogP contribution in [0.2, 0.25) is 0 Å². The lowest BCUT2D eigenvalue weighted by Crippen LogP contribution is -2.03. The summed E-state index contributed by atoms with van der Waals surface area (Å²) in [6.45, 7) is 4.70. The lowest BCUT2D eigenvalue weighted by atomic mass is 10.1. The van der Waals surface area contributed by atoms with Crippen molar-refractivity contribution in [3.05, 3.63) is 69.8 Å². The van der Waals surface area contributed by atoms with Crippen LogP contribution in [0.25, 0.3) is 17.1 Å². The third kappa shape index (κ3) is 3.54. The quantitative estimate of drug-likeness (QED) is 0.482. The largest absolute Gasteiger partial charge is 0.226 e. The average Bonchev–Trinajstić information content (AvgIpc) is 3.26. The molecule has 0 spiro atoms. The van der Waals surface area contributed by atoms with Gasteiger partial charge < -0.3 is 0 Å². The summed E-state index contributed by atoms with van der Waals surface area (Å²) in [6, 6.07) is 14.2. The van der Waals surface area contributed by atoms with Crippen molar-refractivity contribution in [1.29, 1.82) is 0 Å². The number of aromatic nitrogens is 6. The maximum Gasteiger partial charge on any atom is 0.209 e. The van der Waals surface area contributed by atoms with Gasteiger partial charge in [0.1, 0.15) is 5.03 Å². The summed E-state index contributed by atoms with van der Waals surface area (Å²) in [6.07, 6.45) is 1.73. The Kier molecular flexibility index (Phi) is 4.84. The molecule has 4 aromatic rings. The molecule has 4 rings (SSSR count). The molecule has 0 aliphatic heterocycles. The maximum absolute atomic E-state index is 4.66. The standard InChI is InChI=1S/C19H17BrN6S/c1-12-4-3-5-17(13(12)2)26-19(27)16(10-21-26)18-22-24-25(23-18)11-14-6-8-15(20)9-7-14/h3-10,27H,11H2,1-2H3. The molecule has 2 aromatic carbocycles. The van der Waals surface area contributed by atoms with E-state index >= 15 is 0 Å². The van der Waals surface area contributed by atoms with E-state index < -0.39 is 0 Å². The van der Waals surface area contributed by atoms with Crippen LogP contribution in [0.3, 0.4) is 0 Å². The normalized spacial score (nSPS) is 11.1. The highest BCUT2D eigenvalue weighted by Crippen LogP contribution is 2.27. The third-order valence-electron chi connectivity index (χ3n) is 4.48. The molecule has 2 aromatic heterocycles. The summed E-state index contributed by atoms with van der Waals surface area (Å²) in [5.41, 5.74) is 5.21. The van der Waals surface area contributed by atoms with Gasteiger partial charge in [0.25, 0.3) is 0 Å². The Morgan fingerprint density at radius 1 is 1.07 bits per heavy atom. The van der Waals surface area contributed by atoms with E-state index in [4.69, 9.17) is 0 Å². The van der Waals surface area contributed by atoms with Crippen LogP contribution in [0.4, 0.5) is 0 Å². The van der Waals surface area contributed by atoms with Crippen LogP contribution in [0.5, 0.6) is 0 Å². The summed E-state index contributed by atoms with van der Waals surface area (Å²) < 4.78 is 2.84. The first-order chi connectivity index (χ1) is 13.0. The Morgan fingerprint density at radius 3 is 2.63 bits per heavy atom. The summed E-state index contributed by atoms with van der Waals surface area (Å²) in [4.78, 5) is 1.57. The molecule has 0 bridgehead atoms. The van der Waals surface area contributed by atoms with Gasteiger partial charge in [-0.2, -0.15) is 9.90 Å². The number of nitrogens with zero attached hydrogens (tertiary/aromatic N) is 6. The van der Waals surface area contributed by atoms with Crippen LogP contribution in [-0.2, 0) is 6.54 Å². The molecule has 136 valence electrons. The van der Waals surface area contributed by atoms with Crippen molar-refractivity contribution in [2.75, 3.05) is 0 Å². The van der Waals surface area contributed by atoms with Crippen LogP contribution in [0.15, 0.2) is 58.2 Å². The van der Waals surface area contributed by atoms with Gasteiger partial charge in [-0.15, -0.1) is 22.8 Å². The number of thiol groups is 1. The van der Waals surface area contributed by atoms with Crippen molar-refractivity contribution in [3.8, 4) is 17.1 Å². The van der Waals surface area contributed by atoms with Gasteiger partial charge in [-0.3, -0.25) is 0 Å². The summed E-state index contributed by atoms with van der Waals surface area (Å²) >= 11 is 8.10. The molecule has 0 aliphatic rings. The molecule has 0 saturated heterocycles. The van der Waals surface area contributed by atoms with Gasteiger partial charge in [0.15, 0.2) is 0 Å². The van der Waals surface area contributed by atoms with Gasteiger partial charge in [0.05, 0.1) is 24.0 Å². The van der Waals surface area contributed by atoms with E-state index in [2.05, 4.69) is 69.0 Å². The molecule has 0 atom stereocenters. The van der Waals surface area contributed by atoms with Crippen LogP contribution in [0.1, 0.15) is 16.7 Å². The van der Waals surface area contributed by atoms with E-state index in [1.807, 2.05) is 36.4 Å². The monoisotopic (exact) mass is 440 g/mol. The highest BCUT2D eigenvalue weighted by molar-refractivity contribution is 9.10. The molecule has 6 nitrogen and oxygen atoms in total. The summed E-state index contributed by atoms with van der Waals surface area (Å²) in [7, 11) is 0. The second-order valence-corrected chi connectivity index (χ2v) is 7.62. The predicted molar refractivity (Wildman–Crippen MR) is 110 cm³/mol. The lowest BCUT2D eigenvalue weighted by molar-refractivity contribution is 0.573. The van der Waals surface area contributed by atoms with Crippen molar-refractivity contribution in [1.82, 2.24) is 30.0 Å². The first kappa shape index (κ1) is 17.9. The Labute approximate surface area is 170 Å². The van der Waals surface area contributed by atoms with Crippen molar-refractivity contribution >= 4 is 28.6 Å². The molecule has 0 amide bonds. The van der Waals surface area contributed by atoms with Crippen molar-refractivity contribution in [3.63, 3.8) is 0 Å². The zero-order valence-electron chi connectivity index (χ0n) is 14.8. The third-order valence-corrected chi connectivity index (χ3v) is 5.44. The lowest BCUT2D eigenvalue weighted by Gasteiger charge is -2.09. The number of rotatable bonds is 4. The predicted octanol–water partition coefficient (Wildman–Crippen LogP) is 4.24. The molecule has 2 heterocycles. The molecule has 27 heavy (non-hydrogen) atoms. The van der Waals surface area contributed by atoms with Gasteiger partial charge in [-0.25, -0.2) is 4.68 Å². The van der Waals surface area contributed by atoms with Crippen LogP contribution in [0, 0.1) is 13.8 Å². The molecule has 0 unspecified atom stereocenters. The number of benzene rings is 2. The average molecular weight is 441 g/mol. The SMILES string of the molecule is Cc1cccc(-n2ncc(-c3nnn(Cc4ccc(Br)cc4)n3)c2S)c1C. The molecule has 0 aliphatic carbocycles. The highest BCUT2D eigenvalue weighted by Gasteiger charge is 2.17. The smallest absolute Gasteiger partial charge is 0.209 e. The van der Waals surface area contributed by atoms with E-state index in [9.17, 15) is 0 Å². The fourth-order valence-electron chi connectivity index (χ4n) is 2.81. The van der Waals surface area contributed by atoms with E-state index in [0.29, 0.717) is 17.4 Å². The zero-order chi connectivity index (χ0) is 19.0. The Bertz CT molecular complexity index is 1100. The Balaban J connectivity index is 1.63. The molecule has 0 fully saturated rings. The number of tetrazole rings is 1. The fraction of sp³-hybridized carbons (Fsp3) is 0.158. The van der Waals surface area contributed by atoms with Gasteiger partial charge >= 0.3 is 0 Å². The van der Waals surface area contributed by atoms with Gasteiger partial charge in [-0.05, 0) is 54.0 Å². The van der Waals surface area contributed by atoms with Crippen LogP contribution >= 0.6 is 28.6 Å². The number of aryl methyl sites for hydroxylation is 1. The number of hydrogen-bond acceptors (Lipinski definition) is 5. The molecule has 8 heteroatoms. The second kappa shape index (κ2) is 7.28. The molecular weight excluding hydrogens is 424 g/mol. The summed E-state index contributed by atoms with van der Waals surface area (Å²) in [5, 5.41) is 18.0. The molecule has 0 saturated carbocycles. The topological polar surface area (TPSA) is 61.4 Å². The van der Waals surface area contributed by atoms with Crippen LogP contribution < -0.4 is 0 Å². The minimum atomic E-state index is 0.508. The van der Waals surface area contributed by atoms with Gasteiger partial charge in [-0.1, -0.05) is 40.2 Å². The van der Waals surface area contributed by atoms with Crippen LogP contribution in [-0.4, -0.2) is 30.0 Å². The zero-order valence-corrected chi connectivity index (χ0v) is 17.3. The number of halogens is 1. The molecular formula is C19H17BrN6S. The van der Waals surface area contributed by atoms with E-state index in [-0.39, 0.29) is 0 Å². The van der Waals surface area contributed by atoms with Crippen molar-refractivity contribution in [2.45, 2.75) is 25.4 Å². The highest BCUT2D eigenvalue weighted by atomic mass is 79.9. The van der Waals surface area contributed by atoms with Crippen molar-refractivity contribution < 1.29 is 0 Å². The molecule has 0 radical (unpaired) electrons. The minimum Gasteiger partial charge on any atom is -0.226 e. The maximum atomic E-state index is 4.66. The minimum absolute atomic E-state index is 0.508. The Morgan fingerprint density at radius 2 is 1.85 bits per heavy atom. The van der Waals surface area contributed by atoms with Gasteiger partial charge in [0, 0.05) is 4.47 Å². The van der Waals surface area contributed by atoms with E-state index in [0.717, 1.165) is 26.9 Å².